The van der Waals surface area contributed by atoms with Crippen LogP contribution in [-0.4, -0.2) is 0 Å². The van der Waals surface area contributed by atoms with Crippen LogP contribution in [-0.2, 0) is 12.8 Å². The molecule has 0 nitrogen and oxygen atoms in total. The van der Waals surface area contributed by atoms with Crippen LogP contribution < -0.4 is 20.9 Å². The van der Waals surface area contributed by atoms with E-state index in [1.54, 1.807) is 43.8 Å². The van der Waals surface area contributed by atoms with Crippen molar-refractivity contribution in [2.45, 2.75) is 25.7 Å². The van der Waals surface area contributed by atoms with Crippen molar-refractivity contribution in [2.75, 3.05) is 0 Å². The molecule has 0 N–H and O–H groups in total. The fourth-order valence-electron chi connectivity index (χ4n) is 4.74. The standard InChI is InChI=1S/C20H14/c1-5-13-9-16-8-4-12-2-6-14-10-15-7-3-11(1)17(13)19(15)20(16)18(12)14/h1-4,7-8H,5-6,9-10H2. The van der Waals surface area contributed by atoms with Gasteiger partial charge in [-0.25, -0.2) is 0 Å². The molecule has 2 aromatic carbocycles. The van der Waals surface area contributed by atoms with Gasteiger partial charge < -0.3 is 0 Å². The van der Waals surface area contributed by atoms with E-state index in [9.17, 15) is 0 Å². The quantitative estimate of drug-likeness (QED) is 0.661. The molecule has 20 heavy (non-hydrogen) atoms. The second kappa shape index (κ2) is 2.98. The zero-order chi connectivity index (χ0) is 12.8. The van der Waals surface area contributed by atoms with Crippen LogP contribution in [0.4, 0.5) is 0 Å². The zero-order valence-corrected chi connectivity index (χ0v) is 11.3. The Balaban J connectivity index is 2.00. The molecule has 0 aromatic heterocycles. The third-order valence-corrected chi connectivity index (χ3v) is 5.55. The van der Waals surface area contributed by atoms with E-state index in [0.717, 1.165) is 25.7 Å². The fraction of sp³-hybridized carbons (Fsp3) is 0.200. The lowest BCUT2D eigenvalue weighted by Gasteiger charge is -2.25. The third-order valence-electron chi connectivity index (χ3n) is 5.55. The van der Waals surface area contributed by atoms with Crippen molar-refractivity contribution >= 4 is 23.3 Å². The van der Waals surface area contributed by atoms with Crippen molar-refractivity contribution in [3.8, 4) is 11.1 Å². The van der Waals surface area contributed by atoms with E-state index in [1.165, 1.54) is 10.4 Å². The Bertz CT molecular complexity index is 989. The van der Waals surface area contributed by atoms with Gasteiger partial charge in [-0.3, -0.25) is 0 Å². The molecule has 4 aliphatic rings. The fourth-order valence-corrected chi connectivity index (χ4v) is 4.74. The molecule has 0 atom stereocenters. The molecular formula is C20H14. The van der Waals surface area contributed by atoms with Crippen molar-refractivity contribution in [1.29, 1.82) is 0 Å². The van der Waals surface area contributed by atoms with Crippen LogP contribution in [0.1, 0.15) is 24.0 Å². The lowest BCUT2D eigenvalue weighted by Crippen LogP contribution is -2.38. The van der Waals surface area contributed by atoms with E-state index >= 15 is 0 Å². The summed E-state index contributed by atoms with van der Waals surface area (Å²) in [5, 5.41) is 6.14. The molecule has 0 unspecified atom stereocenters. The van der Waals surface area contributed by atoms with E-state index in [0.29, 0.717) is 0 Å². The summed E-state index contributed by atoms with van der Waals surface area (Å²) >= 11 is 0. The predicted octanol–water partition coefficient (Wildman–Crippen LogP) is 1.14. The number of hydrogen-bond acceptors (Lipinski definition) is 0. The van der Waals surface area contributed by atoms with Gasteiger partial charge in [0.2, 0.25) is 0 Å². The first kappa shape index (κ1) is 9.77. The molecule has 0 bridgehead atoms. The minimum atomic E-state index is 1.16. The number of rotatable bonds is 0. The zero-order valence-electron chi connectivity index (χ0n) is 11.3. The van der Waals surface area contributed by atoms with Crippen molar-refractivity contribution in [2.24, 2.45) is 0 Å². The first-order valence-corrected chi connectivity index (χ1v) is 7.59. The third kappa shape index (κ3) is 0.924. The van der Waals surface area contributed by atoms with E-state index in [-0.39, 0.29) is 0 Å². The van der Waals surface area contributed by atoms with Crippen LogP contribution >= 0.6 is 0 Å². The summed E-state index contributed by atoms with van der Waals surface area (Å²) in [6.45, 7) is 0. The molecule has 0 saturated heterocycles. The summed E-state index contributed by atoms with van der Waals surface area (Å²) < 4.78 is 0. The molecule has 0 heteroatoms. The predicted molar refractivity (Wildman–Crippen MR) is 82.8 cm³/mol. The highest BCUT2D eigenvalue weighted by Gasteiger charge is 2.27. The smallest absolute Gasteiger partial charge is 0.00481 e. The van der Waals surface area contributed by atoms with Crippen LogP contribution in [0.5, 0.6) is 0 Å². The Labute approximate surface area is 117 Å². The van der Waals surface area contributed by atoms with Crippen LogP contribution in [0.2, 0.25) is 0 Å². The van der Waals surface area contributed by atoms with Gasteiger partial charge >= 0.3 is 0 Å². The maximum absolute atomic E-state index is 2.42. The van der Waals surface area contributed by atoms with Crippen molar-refractivity contribution in [3.63, 3.8) is 0 Å². The summed E-state index contributed by atoms with van der Waals surface area (Å²) in [6, 6.07) is 9.45. The van der Waals surface area contributed by atoms with Crippen LogP contribution in [0.15, 0.2) is 24.3 Å². The van der Waals surface area contributed by atoms with Crippen molar-refractivity contribution in [3.05, 3.63) is 56.3 Å². The largest absolute Gasteiger partial charge is 0.0725 e. The van der Waals surface area contributed by atoms with Gasteiger partial charge in [0, 0.05) is 0 Å². The molecule has 94 valence electrons. The maximum Gasteiger partial charge on any atom is -0.00481 e. The molecule has 0 aliphatic heterocycles. The summed E-state index contributed by atoms with van der Waals surface area (Å²) in [4.78, 5) is 0. The van der Waals surface area contributed by atoms with Gasteiger partial charge in [0.05, 0.1) is 0 Å². The molecular weight excluding hydrogens is 240 g/mol. The second-order valence-corrected chi connectivity index (χ2v) is 6.50. The molecule has 0 fully saturated rings. The van der Waals surface area contributed by atoms with Crippen LogP contribution in [0.25, 0.3) is 34.4 Å². The maximum atomic E-state index is 2.42. The highest BCUT2D eigenvalue weighted by molar-refractivity contribution is 5.88. The van der Waals surface area contributed by atoms with Gasteiger partial charge in [0.15, 0.2) is 0 Å². The molecule has 0 spiro atoms. The van der Waals surface area contributed by atoms with Crippen LogP contribution in [0, 0.1) is 0 Å². The minimum absolute atomic E-state index is 1.16. The molecule has 0 saturated carbocycles. The lowest BCUT2D eigenvalue weighted by atomic mass is 9.78. The Morgan fingerprint density at radius 3 is 1.60 bits per heavy atom. The Hall–Kier alpha value is -2.08. The lowest BCUT2D eigenvalue weighted by molar-refractivity contribution is 1.13. The SMILES string of the molecule is C1=c2ccc3c4c2=C(C1)Cc1ccc2c(c1-4)=C(CC=2)C3. The molecule has 4 aliphatic carbocycles. The van der Waals surface area contributed by atoms with Gasteiger partial charge in [-0.2, -0.15) is 0 Å². The number of benzene rings is 2. The summed E-state index contributed by atoms with van der Waals surface area (Å²) in [5.74, 6) is 0. The Morgan fingerprint density at radius 2 is 1.10 bits per heavy atom. The van der Waals surface area contributed by atoms with E-state index in [1.807, 2.05) is 0 Å². The number of hydrogen-bond donors (Lipinski definition) is 0. The van der Waals surface area contributed by atoms with E-state index < -0.39 is 0 Å². The molecule has 6 rings (SSSR count). The van der Waals surface area contributed by atoms with Crippen molar-refractivity contribution in [1.82, 2.24) is 0 Å². The van der Waals surface area contributed by atoms with Gasteiger partial charge in [0.1, 0.15) is 0 Å². The first-order valence-electron chi connectivity index (χ1n) is 7.59. The topological polar surface area (TPSA) is 0 Å². The Morgan fingerprint density at radius 1 is 0.600 bits per heavy atom. The average molecular weight is 254 g/mol. The van der Waals surface area contributed by atoms with Gasteiger partial charge in [-0.05, 0) is 68.8 Å². The Kier molecular flexibility index (Phi) is 1.46. The first-order chi connectivity index (χ1) is 9.90. The summed E-state index contributed by atoms with van der Waals surface area (Å²) in [7, 11) is 0. The highest BCUT2D eigenvalue weighted by atomic mass is 14.3. The minimum Gasteiger partial charge on any atom is -0.0725 e. The van der Waals surface area contributed by atoms with Crippen LogP contribution in [0.3, 0.4) is 0 Å². The van der Waals surface area contributed by atoms with E-state index in [4.69, 9.17) is 0 Å². The molecule has 0 amide bonds. The second-order valence-electron chi connectivity index (χ2n) is 6.50. The molecule has 2 aromatic rings. The molecule has 0 heterocycles. The van der Waals surface area contributed by atoms with Gasteiger partial charge in [-0.15, -0.1) is 0 Å². The van der Waals surface area contributed by atoms with Gasteiger partial charge in [0.25, 0.3) is 0 Å². The summed E-state index contributed by atoms with van der Waals surface area (Å²) in [5.41, 5.74) is 9.59. The normalized spacial score (nSPS) is 18.8. The summed E-state index contributed by atoms with van der Waals surface area (Å²) in [6.07, 6.45) is 9.48. The average Bonchev–Trinajstić information content (AvgIpc) is 3.07. The highest BCUT2D eigenvalue weighted by Crippen LogP contribution is 2.34. The molecule has 0 radical (unpaired) electrons. The van der Waals surface area contributed by atoms with Crippen molar-refractivity contribution < 1.29 is 0 Å². The monoisotopic (exact) mass is 254 g/mol. The van der Waals surface area contributed by atoms with Gasteiger partial charge in [-0.1, -0.05) is 47.6 Å². The van der Waals surface area contributed by atoms with E-state index in [2.05, 4.69) is 36.4 Å².